The van der Waals surface area contributed by atoms with Crippen LogP contribution in [0.4, 0.5) is 20.2 Å². The fraction of sp³-hybridized carbons (Fsp3) is 0.409. The number of benzene rings is 2. The average molecular weight is 452 g/mol. The first-order valence-corrected chi connectivity index (χ1v) is 11.8. The number of anilines is 2. The van der Waals surface area contributed by atoms with E-state index in [1.54, 1.807) is 12.1 Å². The molecule has 1 N–H and O–H groups in total. The van der Waals surface area contributed by atoms with Crippen LogP contribution in [0.1, 0.15) is 26.7 Å². The molecule has 3 rings (SSSR count). The molecule has 2 aromatic carbocycles. The summed E-state index contributed by atoms with van der Waals surface area (Å²) in [4.78, 5) is 15.3. The summed E-state index contributed by atoms with van der Waals surface area (Å²) in [5.74, 6) is -2.27. The molecule has 1 fully saturated rings. The molecule has 1 amide bonds. The zero-order valence-electron chi connectivity index (χ0n) is 17.7. The van der Waals surface area contributed by atoms with Crippen molar-refractivity contribution in [3.8, 4) is 0 Å². The molecule has 2 aromatic rings. The van der Waals surface area contributed by atoms with Crippen molar-refractivity contribution < 1.29 is 22.0 Å². The van der Waals surface area contributed by atoms with Crippen LogP contribution >= 0.6 is 0 Å². The van der Waals surface area contributed by atoms with Gasteiger partial charge >= 0.3 is 0 Å². The SMILES string of the molecule is CCCN(C(C)=O)c1cc(N2CCCNCC2)ccc1S(=O)(=O)c1cc(F)cc(F)c1. The van der Waals surface area contributed by atoms with Gasteiger partial charge in [-0.25, -0.2) is 17.2 Å². The van der Waals surface area contributed by atoms with Gasteiger partial charge in [0.05, 0.1) is 15.5 Å². The summed E-state index contributed by atoms with van der Waals surface area (Å²) in [6.45, 7) is 6.81. The third-order valence-electron chi connectivity index (χ3n) is 5.20. The number of rotatable bonds is 6. The number of carbonyl (C=O) groups is 1. The first-order chi connectivity index (χ1) is 14.7. The van der Waals surface area contributed by atoms with E-state index in [9.17, 15) is 22.0 Å². The minimum atomic E-state index is -4.27. The molecule has 6 nitrogen and oxygen atoms in total. The fourth-order valence-corrected chi connectivity index (χ4v) is 5.21. The van der Waals surface area contributed by atoms with Gasteiger partial charge in [0.2, 0.25) is 15.7 Å². The van der Waals surface area contributed by atoms with E-state index in [1.807, 2.05) is 6.92 Å². The summed E-state index contributed by atoms with van der Waals surface area (Å²) in [5.41, 5.74) is 1.01. The summed E-state index contributed by atoms with van der Waals surface area (Å²) < 4.78 is 54.2. The molecule has 9 heteroatoms. The molecule has 168 valence electrons. The topological polar surface area (TPSA) is 69.7 Å². The second kappa shape index (κ2) is 9.74. The Morgan fingerprint density at radius 1 is 1.10 bits per heavy atom. The van der Waals surface area contributed by atoms with E-state index in [2.05, 4.69) is 10.2 Å². The number of sulfone groups is 1. The normalized spacial score (nSPS) is 14.9. The van der Waals surface area contributed by atoms with Crippen LogP contribution < -0.4 is 15.1 Å². The molecular formula is C22H27F2N3O3S. The van der Waals surface area contributed by atoms with Gasteiger partial charge in [-0.3, -0.25) is 4.79 Å². The molecule has 0 unspecified atom stereocenters. The van der Waals surface area contributed by atoms with E-state index < -0.39 is 26.4 Å². The van der Waals surface area contributed by atoms with Gasteiger partial charge in [-0.2, -0.15) is 0 Å². The van der Waals surface area contributed by atoms with E-state index in [0.29, 0.717) is 19.0 Å². The number of nitrogens with zero attached hydrogens (tertiary/aromatic N) is 2. The quantitative estimate of drug-likeness (QED) is 0.730. The zero-order chi connectivity index (χ0) is 22.6. The van der Waals surface area contributed by atoms with Gasteiger partial charge in [-0.05, 0) is 49.7 Å². The maximum Gasteiger partial charge on any atom is 0.223 e. The molecule has 0 radical (unpaired) electrons. The van der Waals surface area contributed by atoms with Crippen LogP contribution in [0.15, 0.2) is 46.2 Å². The van der Waals surface area contributed by atoms with Crippen molar-refractivity contribution in [2.45, 2.75) is 36.5 Å². The number of halogens is 2. The minimum absolute atomic E-state index is 0.155. The van der Waals surface area contributed by atoms with Crippen molar-refractivity contribution in [3.05, 3.63) is 48.0 Å². The second-order valence-corrected chi connectivity index (χ2v) is 9.44. The van der Waals surface area contributed by atoms with Gasteiger partial charge in [-0.15, -0.1) is 0 Å². The van der Waals surface area contributed by atoms with Gasteiger partial charge in [0, 0.05) is 44.9 Å². The summed E-state index contributed by atoms with van der Waals surface area (Å²) in [6, 6.07) is 6.98. The predicted octanol–water partition coefficient (Wildman–Crippen LogP) is 3.36. The first kappa shape index (κ1) is 23.1. The average Bonchev–Trinajstić information content (AvgIpc) is 3.00. The van der Waals surface area contributed by atoms with E-state index in [-0.39, 0.29) is 16.5 Å². The van der Waals surface area contributed by atoms with E-state index in [1.165, 1.54) is 17.9 Å². The smallest absolute Gasteiger partial charge is 0.223 e. The Balaban J connectivity index is 2.17. The molecule has 0 aromatic heterocycles. The monoisotopic (exact) mass is 451 g/mol. The molecule has 0 bridgehead atoms. The summed E-state index contributed by atoms with van der Waals surface area (Å²) in [5, 5.41) is 3.32. The van der Waals surface area contributed by atoms with E-state index in [0.717, 1.165) is 50.4 Å². The molecule has 1 aliphatic rings. The molecule has 31 heavy (non-hydrogen) atoms. The first-order valence-electron chi connectivity index (χ1n) is 10.3. The van der Waals surface area contributed by atoms with Crippen LogP contribution in [0.25, 0.3) is 0 Å². The van der Waals surface area contributed by atoms with Gasteiger partial charge in [-0.1, -0.05) is 6.92 Å². The Labute approximate surface area is 181 Å². The Morgan fingerprint density at radius 3 is 2.45 bits per heavy atom. The van der Waals surface area contributed by atoms with Crippen molar-refractivity contribution in [2.75, 3.05) is 42.5 Å². The lowest BCUT2D eigenvalue weighted by atomic mass is 10.2. The maximum absolute atomic E-state index is 13.7. The van der Waals surface area contributed by atoms with Crippen LogP contribution in [-0.2, 0) is 14.6 Å². The van der Waals surface area contributed by atoms with Crippen molar-refractivity contribution in [2.24, 2.45) is 0 Å². The highest BCUT2D eigenvalue weighted by atomic mass is 32.2. The third kappa shape index (κ3) is 5.22. The Hall–Kier alpha value is -2.52. The van der Waals surface area contributed by atoms with Crippen LogP contribution in [0.5, 0.6) is 0 Å². The molecule has 0 saturated carbocycles. The van der Waals surface area contributed by atoms with Crippen LogP contribution in [0.3, 0.4) is 0 Å². The van der Waals surface area contributed by atoms with Crippen molar-refractivity contribution >= 4 is 27.1 Å². The number of hydrogen-bond donors (Lipinski definition) is 1. The molecule has 1 aliphatic heterocycles. The Morgan fingerprint density at radius 2 is 1.81 bits per heavy atom. The van der Waals surface area contributed by atoms with Crippen molar-refractivity contribution in [1.29, 1.82) is 0 Å². The fourth-order valence-electron chi connectivity index (χ4n) is 3.73. The maximum atomic E-state index is 13.7. The van der Waals surface area contributed by atoms with Crippen molar-refractivity contribution in [1.82, 2.24) is 5.32 Å². The number of amides is 1. The lowest BCUT2D eigenvalue weighted by Crippen LogP contribution is -2.32. The van der Waals surface area contributed by atoms with Gasteiger partial charge in [0.25, 0.3) is 0 Å². The van der Waals surface area contributed by atoms with Crippen LogP contribution in [0.2, 0.25) is 0 Å². The molecule has 1 saturated heterocycles. The summed E-state index contributed by atoms with van der Waals surface area (Å²) in [6.07, 6.45) is 1.55. The lowest BCUT2D eigenvalue weighted by Gasteiger charge is -2.28. The van der Waals surface area contributed by atoms with E-state index >= 15 is 0 Å². The largest absolute Gasteiger partial charge is 0.370 e. The van der Waals surface area contributed by atoms with Gasteiger partial charge in [0.1, 0.15) is 11.6 Å². The predicted molar refractivity (Wildman–Crippen MR) is 116 cm³/mol. The number of hydrogen-bond acceptors (Lipinski definition) is 5. The standard InChI is InChI=1S/C22H27F2N3O3S/c1-3-9-27(16(2)28)21-15-19(26-10-4-7-25-8-11-26)5-6-22(21)31(29,30)20-13-17(23)12-18(24)14-20/h5-6,12-15,25H,3-4,7-11H2,1-2H3. The van der Waals surface area contributed by atoms with Crippen molar-refractivity contribution in [3.63, 3.8) is 0 Å². The molecule has 1 heterocycles. The molecular weight excluding hydrogens is 424 g/mol. The van der Waals surface area contributed by atoms with Gasteiger partial charge < -0.3 is 15.1 Å². The third-order valence-corrected chi connectivity index (χ3v) is 6.98. The Kier molecular flexibility index (Phi) is 7.27. The number of carbonyl (C=O) groups excluding carboxylic acids is 1. The highest BCUT2D eigenvalue weighted by Crippen LogP contribution is 2.35. The van der Waals surface area contributed by atoms with E-state index in [4.69, 9.17) is 0 Å². The lowest BCUT2D eigenvalue weighted by molar-refractivity contribution is -0.116. The molecule has 0 aliphatic carbocycles. The van der Waals surface area contributed by atoms with Crippen LogP contribution in [0, 0.1) is 11.6 Å². The minimum Gasteiger partial charge on any atom is -0.370 e. The zero-order valence-corrected chi connectivity index (χ0v) is 18.5. The number of nitrogens with one attached hydrogen (secondary N) is 1. The highest BCUT2D eigenvalue weighted by molar-refractivity contribution is 7.91. The van der Waals surface area contributed by atoms with Crippen LogP contribution in [-0.4, -0.2) is 47.0 Å². The van der Waals surface area contributed by atoms with Gasteiger partial charge in [0.15, 0.2) is 0 Å². The summed E-state index contributed by atoms with van der Waals surface area (Å²) >= 11 is 0. The Bertz CT molecular complexity index is 1030. The molecule has 0 atom stereocenters. The second-order valence-electron chi connectivity index (χ2n) is 7.52. The summed E-state index contributed by atoms with van der Waals surface area (Å²) in [7, 11) is -4.27. The highest BCUT2D eigenvalue weighted by Gasteiger charge is 2.27. The molecule has 0 spiro atoms.